The summed E-state index contributed by atoms with van der Waals surface area (Å²) in [6.45, 7) is 2.09. The van der Waals surface area contributed by atoms with Crippen LogP contribution in [0.4, 0.5) is 4.79 Å². The van der Waals surface area contributed by atoms with Gasteiger partial charge in [0.1, 0.15) is 0 Å². The molecule has 0 aromatic carbocycles. The van der Waals surface area contributed by atoms with Crippen molar-refractivity contribution in [3.63, 3.8) is 0 Å². The minimum Gasteiger partial charge on any atom is -0.336 e. The van der Waals surface area contributed by atoms with E-state index in [0.717, 1.165) is 25.2 Å². The van der Waals surface area contributed by atoms with Crippen LogP contribution in [0, 0.1) is 5.92 Å². The fourth-order valence-corrected chi connectivity index (χ4v) is 1.59. The third-order valence-corrected chi connectivity index (χ3v) is 2.67. The van der Waals surface area contributed by atoms with Crippen LogP contribution in [0.15, 0.2) is 0 Å². The van der Waals surface area contributed by atoms with E-state index in [-0.39, 0.29) is 6.03 Å². The van der Waals surface area contributed by atoms with Crippen LogP contribution in [0.1, 0.15) is 39.0 Å². The Bertz CT molecular complexity index is 197. The van der Waals surface area contributed by atoms with Gasteiger partial charge < -0.3 is 10.6 Å². The summed E-state index contributed by atoms with van der Waals surface area (Å²) in [6, 6.07) is 0.829. The Morgan fingerprint density at radius 3 is 2.62 bits per heavy atom. The van der Waals surface area contributed by atoms with Gasteiger partial charge in [-0.25, -0.2) is 4.79 Å². The third-order valence-electron chi connectivity index (χ3n) is 2.67. The number of carbonyl (C=O) groups is 1. The van der Waals surface area contributed by atoms with Gasteiger partial charge in [-0.15, -0.1) is 0 Å². The van der Waals surface area contributed by atoms with E-state index in [2.05, 4.69) is 17.6 Å². The second-order valence-corrected chi connectivity index (χ2v) is 4.47. The minimum atomic E-state index is 0.0238. The smallest absolute Gasteiger partial charge is 0.315 e. The maximum atomic E-state index is 11.3. The normalized spacial score (nSPS) is 23.8. The summed E-state index contributed by atoms with van der Waals surface area (Å²) < 4.78 is 0. The van der Waals surface area contributed by atoms with Crippen molar-refractivity contribution < 1.29 is 4.79 Å². The Morgan fingerprint density at radius 1 is 1.38 bits per heavy atom. The van der Waals surface area contributed by atoms with Gasteiger partial charge >= 0.3 is 6.03 Å². The van der Waals surface area contributed by atoms with Crippen LogP contribution in [0.2, 0.25) is 0 Å². The largest absolute Gasteiger partial charge is 0.336 e. The lowest BCUT2D eigenvalue weighted by Crippen LogP contribution is -2.41. The highest BCUT2D eigenvalue weighted by Gasteiger charge is 2.26. The van der Waals surface area contributed by atoms with Crippen molar-refractivity contribution >= 4 is 6.03 Å². The fourth-order valence-electron chi connectivity index (χ4n) is 1.59. The maximum Gasteiger partial charge on any atom is 0.315 e. The summed E-state index contributed by atoms with van der Waals surface area (Å²) in [6.07, 6.45) is 6.18. The molecule has 3 heteroatoms. The van der Waals surface area contributed by atoms with Crippen LogP contribution in [0.3, 0.4) is 0 Å². The highest BCUT2D eigenvalue weighted by Crippen LogP contribution is 2.33. The van der Waals surface area contributed by atoms with Gasteiger partial charge in [0, 0.05) is 12.1 Å². The molecule has 1 atom stereocenters. The lowest BCUT2D eigenvalue weighted by molar-refractivity contribution is 0.236. The quantitative estimate of drug-likeness (QED) is 0.681. The average Bonchev–Trinajstić information content (AvgIpc) is 2.81. The molecule has 2 fully saturated rings. The number of nitrogens with one attached hydrogen (secondary N) is 2. The van der Waals surface area contributed by atoms with E-state index in [0.29, 0.717) is 12.1 Å². The van der Waals surface area contributed by atoms with Crippen molar-refractivity contribution in [1.29, 1.82) is 0 Å². The Hall–Kier alpha value is -0.730. The molecule has 2 amide bonds. The molecule has 13 heavy (non-hydrogen) atoms. The molecule has 0 aliphatic heterocycles. The van der Waals surface area contributed by atoms with E-state index in [1.807, 2.05) is 0 Å². The summed E-state index contributed by atoms with van der Waals surface area (Å²) in [4.78, 5) is 11.3. The van der Waals surface area contributed by atoms with Crippen molar-refractivity contribution in [2.45, 2.75) is 51.1 Å². The molecule has 74 valence electrons. The molecule has 0 saturated heterocycles. The van der Waals surface area contributed by atoms with Gasteiger partial charge in [0.25, 0.3) is 0 Å². The molecule has 0 radical (unpaired) electrons. The molecule has 2 N–H and O–H groups in total. The zero-order valence-electron chi connectivity index (χ0n) is 8.18. The van der Waals surface area contributed by atoms with Crippen LogP contribution < -0.4 is 10.6 Å². The van der Waals surface area contributed by atoms with E-state index >= 15 is 0 Å². The number of urea groups is 1. The monoisotopic (exact) mass is 182 g/mol. The first-order valence-electron chi connectivity index (χ1n) is 5.31. The average molecular weight is 182 g/mol. The SMILES string of the molecule is CC(CC1CC1)NC(=O)NC1CC1. The number of amides is 2. The highest BCUT2D eigenvalue weighted by molar-refractivity contribution is 5.74. The second kappa shape index (κ2) is 3.56. The molecule has 0 spiro atoms. The van der Waals surface area contributed by atoms with Crippen molar-refractivity contribution in [3.05, 3.63) is 0 Å². The van der Waals surface area contributed by atoms with Crippen molar-refractivity contribution in [1.82, 2.24) is 10.6 Å². The van der Waals surface area contributed by atoms with E-state index in [1.165, 1.54) is 12.8 Å². The first-order valence-corrected chi connectivity index (χ1v) is 5.31. The molecule has 3 nitrogen and oxygen atoms in total. The molecule has 2 aliphatic carbocycles. The summed E-state index contributed by atoms with van der Waals surface area (Å²) in [5, 5.41) is 5.90. The molecular weight excluding hydrogens is 164 g/mol. The van der Waals surface area contributed by atoms with Gasteiger partial charge in [-0.2, -0.15) is 0 Å². The highest BCUT2D eigenvalue weighted by atomic mass is 16.2. The zero-order valence-corrected chi connectivity index (χ0v) is 8.18. The maximum absolute atomic E-state index is 11.3. The van der Waals surface area contributed by atoms with Gasteiger partial charge in [-0.05, 0) is 32.1 Å². The summed E-state index contributed by atoms with van der Waals surface area (Å²) >= 11 is 0. The Morgan fingerprint density at radius 2 is 2.08 bits per heavy atom. The molecule has 0 heterocycles. The Labute approximate surface area is 79.3 Å². The van der Waals surface area contributed by atoms with E-state index in [9.17, 15) is 4.79 Å². The van der Waals surface area contributed by atoms with Gasteiger partial charge in [0.15, 0.2) is 0 Å². The molecule has 2 saturated carbocycles. The molecule has 0 bridgehead atoms. The van der Waals surface area contributed by atoms with Crippen LogP contribution in [-0.2, 0) is 0 Å². The van der Waals surface area contributed by atoms with Crippen LogP contribution in [0.25, 0.3) is 0 Å². The van der Waals surface area contributed by atoms with E-state index < -0.39 is 0 Å². The predicted octanol–water partition coefficient (Wildman–Crippen LogP) is 1.64. The zero-order chi connectivity index (χ0) is 9.26. The first kappa shape index (κ1) is 8.85. The van der Waals surface area contributed by atoms with Gasteiger partial charge in [-0.1, -0.05) is 12.8 Å². The van der Waals surface area contributed by atoms with Gasteiger partial charge in [0.2, 0.25) is 0 Å². The van der Waals surface area contributed by atoms with Crippen molar-refractivity contribution in [2.24, 2.45) is 5.92 Å². The molecule has 2 aliphatic rings. The molecule has 0 aromatic heterocycles. The topological polar surface area (TPSA) is 41.1 Å². The van der Waals surface area contributed by atoms with Gasteiger partial charge in [0.05, 0.1) is 0 Å². The molecular formula is C10H18N2O. The number of hydrogen-bond donors (Lipinski definition) is 2. The third kappa shape index (κ3) is 3.25. The van der Waals surface area contributed by atoms with Crippen LogP contribution in [-0.4, -0.2) is 18.1 Å². The van der Waals surface area contributed by atoms with E-state index in [1.54, 1.807) is 0 Å². The summed E-state index contributed by atoms with van der Waals surface area (Å²) in [7, 11) is 0. The van der Waals surface area contributed by atoms with Crippen molar-refractivity contribution in [2.75, 3.05) is 0 Å². The molecule has 2 rings (SSSR count). The summed E-state index contributed by atoms with van der Waals surface area (Å²) in [5.41, 5.74) is 0. The van der Waals surface area contributed by atoms with Gasteiger partial charge in [-0.3, -0.25) is 0 Å². The molecule has 0 aromatic rings. The predicted molar refractivity (Wildman–Crippen MR) is 51.5 cm³/mol. The standard InChI is InChI=1S/C10H18N2O/c1-7(6-8-2-3-8)11-10(13)12-9-4-5-9/h7-9H,2-6H2,1H3,(H2,11,12,13). The van der Waals surface area contributed by atoms with Crippen LogP contribution in [0.5, 0.6) is 0 Å². The summed E-state index contributed by atoms with van der Waals surface area (Å²) in [5.74, 6) is 0.885. The van der Waals surface area contributed by atoms with Crippen molar-refractivity contribution in [3.8, 4) is 0 Å². The van der Waals surface area contributed by atoms with E-state index in [4.69, 9.17) is 0 Å². The Kier molecular flexibility index (Phi) is 2.42. The number of rotatable bonds is 4. The fraction of sp³-hybridized carbons (Fsp3) is 0.900. The number of carbonyl (C=O) groups excluding carboxylic acids is 1. The molecule has 1 unspecified atom stereocenters. The van der Waals surface area contributed by atoms with Crippen LogP contribution >= 0.6 is 0 Å². The lowest BCUT2D eigenvalue weighted by atomic mass is 10.2. The first-order chi connectivity index (χ1) is 6.24. The lowest BCUT2D eigenvalue weighted by Gasteiger charge is -2.13. The number of hydrogen-bond acceptors (Lipinski definition) is 1. The second-order valence-electron chi connectivity index (χ2n) is 4.47. The minimum absolute atomic E-state index is 0.0238. The Balaban J connectivity index is 1.59.